The number of hydrogen-bond acceptors (Lipinski definition) is 2. The number of nitrogens with two attached hydrogens (primary N) is 1. The molecule has 0 saturated heterocycles. The van der Waals surface area contributed by atoms with Crippen LogP contribution in [0, 0.1) is 5.92 Å². The fraction of sp³-hybridized carbons (Fsp3) is 0.571. The van der Waals surface area contributed by atoms with E-state index in [2.05, 4.69) is 37.8 Å². The molecule has 0 fully saturated rings. The van der Waals surface area contributed by atoms with Gasteiger partial charge in [0.2, 0.25) is 0 Å². The molecule has 0 aromatic heterocycles. The first kappa shape index (κ1) is 12.9. The van der Waals surface area contributed by atoms with Gasteiger partial charge in [-0.05, 0) is 43.0 Å². The summed E-state index contributed by atoms with van der Waals surface area (Å²) in [6.07, 6.45) is 2.42. The number of nitrogens with zero attached hydrogens (tertiary/aromatic N) is 1. The first-order valence-corrected chi connectivity index (χ1v) is 6.24. The van der Waals surface area contributed by atoms with Crippen LogP contribution in [0.3, 0.4) is 0 Å². The van der Waals surface area contributed by atoms with Crippen molar-refractivity contribution in [3.8, 4) is 0 Å². The Morgan fingerprint density at radius 2 is 1.75 bits per heavy atom. The Balaban J connectivity index is 2.64. The molecular weight excluding hydrogens is 196 g/mol. The molecule has 0 aliphatic heterocycles. The predicted molar refractivity (Wildman–Crippen MR) is 72.8 cm³/mol. The van der Waals surface area contributed by atoms with Gasteiger partial charge in [-0.15, -0.1) is 0 Å². The van der Waals surface area contributed by atoms with Crippen LogP contribution >= 0.6 is 0 Å². The minimum Gasteiger partial charge on any atom is -0.399 e. The highest BCUT2D eigenvalue weighted by Crippen LogP contribution is 2.17. The molecule has 1 aromatic rings. The van der Waals surface area contributed by atoms with E-state index in [1.54, 1.807) is 0 Å². The fourth-order valence-electron chi connectivity index (χ4n) is 1.74. The summed E-state index contributed by atoms with van der Waals surface area (Å²) in [6.45, 7) is 9.02. The van der Waals surface area contributed by atoms with E-state index in [4.69, 9.17) is 5.73 Å². The summed E-state index contributed by atoms with van der Waals surface area (Å²) in [7, 11) is 0. The molecule has 0 aliphatic rings. The molecule has 90 valence electrons. The second-order valence-electron chi connectivity index (χ2n) is 4.76. The lowest BCUT2D eigenvalue weighted by Gasteiger charge is -2.25. The number of nitrogen functional groups attached to an aromatic ring is 1. The van der Waals surface area contributed by atoms with Gasteiger partial charge in [0.05, 0.1) is 0 Å². The van der Waals surface area contributed by atoms with Gasteiger partial charge < -0.3 is 10.6 Å². The van der Waals surface area contributed by atoms with Gasteiger partial charge in [0.1, 0.15) is 0 Å². The quantitative estimate of drug-likeness (QED) is 0.743. The van der Waals surface area contributed by atoms with Crippen LogP contribution in [0.4, 0.5) is 11.4 Å². The van der Waals surface area contributed by atoms with Crippen LogP contribution in [-0.2, 0) is 0 Å². The van der Waals surface area contributed by atoms with Crippen LogP contribution < -0.4 is 10.6 Å². The third-order valence-corrected chi connectivity index (χ3v) is 2.73. The van der Waals surface area contributed by atoms with E-state index in [9.17, 15) is 0 Å². The average Bonchev–Trinajstić information content (AvgIpc) is 2.25. The molecule has 2 nitrogen and oxygen atoms in total. The van der Waals surface area contributed by atoms with Crippen LogP contribution in [0.2, 0.25) is 0 Å². The standard InChI is InChI=1S/C14H24N2/c1-4-10-16(11-9-12(2)3)14-7-5-13(15)6-8-14/h5-8,12H,4,9-11,15H2,1-3H3. The van der Waals surface area contributed by atoms with Crippen molar-refractivity contribution >= 4 is 11.4 Å². The minimum absolute atomic E-state index is 0.758. The molecule has 0 spiro atoms. The molecule has 1 rings (SSSR count). The van der Waals surface area contributed by atoms with E-state index >= 15 is 0 Å². The molecular formula is C14H24N2. The molecule has 16 heavy (non-hydrogen) atoms. The third-order valence-electron chi connectivity index (χ3n) is 2.73. The third kappa shape index (κ3) is 4.13. The summed E-state index contributed by atoms with van der Waals surface area (Å²) in [5, 5.41) is 0. The van der Waals surface area contributed by atoms with Gasteiger partial charge in [0, 0.05) is 24.5 Å². The van der Waals surface area contributed by atoms with Gasteiger partial charge in [-0.25, -0.2) is 0 Å². The molecule has 0 unspecified atom stereocenters. The molecule has 0 bridgehead atoms. The van der Waals surface area contributed by atoms with Crippen LogP contribution in [-0.4, -0.2) is 13.1 Å². The summed E-state index contributed by atoms with van der Waals surface area (Å²) in [5.41, 5.74) is 7.83. The molecule has 0 radical (unpaired) electrons. The molecule has 0 atom stereocenters. The average molecular weight is 220 g/mol. The first-order valence-electron chi connectivity index (χ1n) is 6.24. The van der Waals surface area contributed by atoms with Crippen molar-refractivity contribution in [1.82, 2.24) is 0 Å². The smallest absolute Gasteiger partial charge is 0.0367 e. The lowest BCUT2D eigenvalue weighted by Crippen LogP contribution is -2.26. The van der Waals surface area contributed by atoms with Crippen molar-refractivity contribution in [2.45, 2.75) is 33.6 Å². The Morgan fingerprint density at radius 1 is 1.12 bits per heavy atom. The summed E-state index contributed by atoms with van der Waals surface area (Å²) in [5.74, 6) is 0.758. The summed E-state index contributed by atoms with van der Waals surface area (Å²) in [4.78, 5) is 2.44. The number of anilines is 2. The molecule has 1 aromatic carbocycles. The van der Waals surface area contributed by atoms with Gasteiger partial charge in [-0.2, -0.15) is 0 Å². The van der Waals surface area contributed by atoms with E-state index in [-0.39, 0.29) is 0 Å². The monoisotopic (exact) mass is 220 g/mol. The zero-order valence-corrected chi connectivity index (χ0v) is 10.7. The summed E-state index contributed by atoms with van der Waals surface area (Å²) in [6, 6.07) is 8.19. The largest absolute Gasteiger partial charge is 0.399 e. The molecule has 2 N–H and O–H groups in total. The van der Waals surface area contributed by atoms with Crippen molar-refractivity contribution in [2.75, 3.05) is 23.7 Å². The summed E-state index contributed by atoms with van der Waals surface area (Å²) >= 11 is 0. The number of rotatable bonds is 6. The topological polar surface area (TPSA) is 29.3 Å². The van der Waals surface area contributed by atoms with Crippen molar-refractivity contribution in [3.05, 3.63) is 24.3 Å². The molecule has 0 aliphatic carbocycles. The highest BCUT2D eigenvalue weighted by Gasteiger charge is 2.06. The normalized spacial score (nSPS) is 10.8. The van der Waals surface area contributed by atoms with Crippen LogP contribution in [0.5, 0.6) is 0 Å². The maximum Gasteiger partial charge on any atom is 0.0367 e. The minimum atomic E-state index is 0.758. The van der Waals surface area contributed by atoms with Crippen molar-refractivity contribution in [3.63, 3.8) is 0 Å². The highest BCUT2D eigenvalue weighted by atomic mass is 15.1. The number of benzene rings is 1. The second kappa shape index (κ2) is 6.41. The first-order chi connectivity index (χ1) is 7.63. The molecule has 0 saturated carbocycles. The van der Waals surface area contributed by atoms with E-state index in [1.807, 2.05) is 12.1 Å². The number of hydrogen-bond donors (Lipinski definition) is 1. The summed E-state index contributed by atoms with van der Waals surface area (Å²) < 4.78 is 0. The Bertz CT molecular complexity index is 290. The van der Waals surface area contributed by atoms with E-state index in [0.717, 1.165) is 24.7 Å². The molecule has 0 heterocycles. The maximum atomic E-state index is 5.70. The zero-order chi connectivity index (χ0) is 12.0. The van der Waals surface area contributed by atoms with Gasteiger partial charge in [-0.1, -0.05) is 20.8 Å². The van der Waals surface area contributed by atoms with Gasteiger partial charge in [-0.3, -0.25) is 0 Å². The lowest BCUT2D eigenvalue weighted by molar-refractivity contribution is 0.570. The zero-order valence-electron chi connectivity index (χ0n) is 10.7. The second-order valence-corrected chi connectivity index (χ2v) is 4.76. The Morgan fingerprint density at radius 3 is 2.25 bits per heavy atom. The van der Waals surface area contributed by atoms with E-state index in [1.165, 1.54) is 18.5 Å². The fourth-order valence-corrected chi connectivity index (χ4v) is 1.74. The van der Waals surface area contributed by atoms with Gasteiger partial charge in [0.15, 0.2) is 0 Å². The Labute approximate surface area is 99.5 Å². The van der Waals surface area contributed by atoms with Gasteiger partial charge >= 0.3 is 0 Å². The Kier molecular flexibility index (Phi) is 5.17. The van der Waals surface area contributed by atoms with Crippen molar-refractivity contribution in [1.29, 1.82) is 0 Å². The highest BCUT2D eigenvalue weighted by molar-refractivity contribution is 5.53. The predicted octanol–water partition coefficient (Wildman–Crippen LogP) is 3.53. The maximum absolute atomic E-state index is 5.70. The van der Waals surface area contributed by atoms with E-state index in [0.29, 0.717) is 0 Å². The molecule has 2 heteroatoms. The molecule has 0 amide bonds. The van der Waals surface area contributed by atoms with Gasteiger partial charge in [0.25, 0.3) is 0 Å². The van der Waals surface area contributed by atoms with Crippen LogP contribution in [0.1, 0.15) is 33.6 Å². The van der Waals surface area contributed by atoms with Crippen molar-refractivity contribution < 1.29 is 0 Å². The van der Waals surface area contributed by atoms with Crippen LogP contribution in [0.25, 0.3) is 0 Å². The SMILES string of the molecule is CCCN(CCC(C)C)c1ccc(N)cc1. The lowest BCUT2D eigenvalue weighted by atomic mass is 10.1. The Hall–Kier alpha value is -1.18. The van der Waals surface area contributed by atoms with Crippen molar-refractivity contribution in [2.24, 2.45) is 5.92 Å². The van der Waals surface area contributed by atoms with E-state index < -0.39 is 0 Å². The van der Waals surface area contributed by atoms with Crippen LogP contribution in [0.15, 0.2) is 24.3 Å².